The van der Waals surface area contributed by atoms with Gasteiger partial charge in [0, 0.05) is 0 Å². The van der Waals surface area contributed by atoms with Gasteiger partial charge in [-0.1, -0.05) is 17.3 Å². The predicted molar refractivity (Wildman–Crippen MR) is 65.6 cm³/mol. The Morgan fingerprint density at radius 2 is 1.94 bits per heavy atom. The van der Waals surface area contributed by atoms with E-state index >= 15 is 0 Å². The van der Waals surface area contributed by atoms with Gasteiger partial charge in [-0.15, -0.1) is 0 Å². The van der Waals surface area contributed by atoms with E-state index in [2.05, 4.69) is 29.9 Å². The highest BCUT2D eigenvalue weighted by molar-refractivity contribution is 5.79. The smallest absolute Gasteiger partial charge is 0.213 e. The number of aromatic nitrogens is 4. The van der Waals surface area contributed by atoms with Crippen LogP contribution in [0, 0.1) is 0 Å². The number of nitrogens with zero attached hydrogens (tertiary/aromatic N) is 4. The molecule has 90 valence electrons. The molecule has 0 aliphatic carbocycles. The van der Waals surface area contributed by atoms with E-state index in [-0.39, 0.29) is 0 Å². The number of rotatable bonds is 3. The van der Waals surface area contributed by atoms with E-state index in [0.717, 1.165) is 11.0 Å². The molecule has 0 atom stereocenters. The first-order chi connectivity index (χ1) is 8.83. The average molecular weight is 242 g/mol. The zero-order valence-corrected chi connectivity index (χ0v) is 9.37. The number of benzene rings is 1. The molecule has 7 nitrogen and oxygen atoms in total. The summed E-state index contributed by atoms with van der Waals surface area (Å²) in [5, 5.41) is 6.71. The van der Waals surface area contributed by atoms with Gasteiger partial charge in [-0.05, 0) is 12.1 Å². The molecular weight excluding hydrogens is 232 g/mol. The topological polar surface area (TPSA) is 103 Å². The fourth-order valence-electron chi connectivity index (χ4n) is 1.58. The van der Waals surface area contributed by atoms with Crippen molar-refractivity contribution in [3.63, 3.8) is 0 Å². The largest absolute Gasteiger partial charge is 0.381 e. The standard InChI is InChI=1S/C11H10N6O/c12-10-11(13-5-9-14-6-18-17-9)16-8-4-2-1-3-7(8)15-10/h1-4,6H,5H2,(H2,12,15)(H,13,16). The van der Waals surface area contributed by atoms with Crippen LogP contribution in [0.1, 0.15) is 5.82 Å². The maximum absolute atomic E-state index is 5.83. The SMILES string of the molecule is Nc1nc2ccccc2nc1NCc1ncon1. The highest BCUT2D eigenvalue weighted by Crippen LogP contribution is 2.18. The molecule has 0 fully saturated rings. The lowest BCUT2D eigenvalue weighted by Gasteiger charge is -2.06. The Hall–Kier alpha value is -2.70. The molecular formula is C11H10N6O. The van der Waals surface area contributed by atoms with Crippen molar-refractivity contribution in [2.24, 2.45) is 0 Å². The Balaban J connectivity index is 1.89. The zero-order chi connectivity index (χ0) is 12.4. The predicted octanol–water partition coefficient (Wildman–Crippen LogP) is 1.21. The summed E-state index contributed by atoms with van der Waals surface area (Å²) in [5.41, 5.74) is 7.37. The molecule has 3 N–H and O–H groups in total. The van der Waals surface area contributed by atoms with E-state index < -0.39 is 0 Å². The van der Waals surface area contributed by atoms with E-state index in [0.29, 0.717) is 24.0 Å². The van der Waals surface area contributed by atoms with Crippen LogP contribution in [0.15, 0.2) is 35.2 Å². The first-order valence-electron chi connectivity index (χ1n) is 5.34. The van der Waals surface area contributed by atoms with Crippen molar-refractivity contribution >= 4 is 22.7 Å². The molecule has 2 aromatic heterocycles. The minimum Gasteiger partial charge on any atom is -0.381 e. The quantitative estimate of drug-likeness (QED) is 0.711. The Kier molecular flexibility index (Phi) is 2.49. The first kappa shape index (κ1) is 10.5. The van der Waals surface area contributed by atoms with Crippen molar-refractivity contribution in [3.05, 3.63) is 36.5 Å². The van der Waals surface area contributed by atoms with Gasteiger partial charge >= 0.3 is 0 Å². The van der Waals surface area contributed by atoms with Gasteiger partial charge < -0.3 is 15.6 Å². The van der Waals surface area contributed by atoms with E-state index in [1.807, 2.05) is 24.3 Å². The van der Waals surface area contributed by atoms with E-state index in [1.54, 1.807) is 0 Å². The summed E-state index contributed by atoms with van der Waals surface area (Å²) in [6.45, 7) is 0.383. The van der Waals surface area contributed by atoms with Gasteiger partial charge in [0.2, 0.25) is 6.39 Å². The minimum atomic E-state index is 0.345. The first-order valence-corrected chi connectivity index (χ1v) is 5.34. The molecule has 3 aromatic rings. The highest BCUT2D eigenvalue weighted by Gasteiger charge is 2.06. The van der Waals surface area contributed by atoms with Gasteiger partial charge in [0.05, 0.1) is 17.6 Å². The maximum atomic E-state index is 5.83. The van der Waals surface area contributed by atoms with Crippen LogP contribution >= 0.6 is 0 Å². The number of nitrogens with one attached hydrogen (secondary N) is 1. The molecule has 18 heavy (non-hydrogen) atoms. The molecule has 3 rings (SSSR count). The Bertz CT molecular complexity index is 666. The molecule has 0 aliphatic rings. The van der Waals surface area contributed by atoms with Gasteiger partial charge in [-0.3, -0.25) is 0 Å². The van der Waals surface area contributed by atoms with Gasteiger partial charge in [0.25, 0.3) is 0 Å². The van der Waals surface area contributed by atoms with Gasteiger partial charge in [0.15, 0.2) is 17.5 Å². The van der Waals surface area contributed by atoms with Gasteiger partial charge in [-0.2, -0.15) is 4.98 Å². The van der Waals surface area contributed by atoms with Crippen molar-refractivity contribution < 1.29 is 4.52 Å². The number of hydrogen-bond donors (Lipinski definition) is 2. The van der Waals surface area contributed by atoms with Crippen molar-refractivity contribution in [2.45, 2.75) is 6.54 Å². The lowest BCUT2D eigenvalue weighted by Crippen LogP contribution is -2.07. The minimum absolute atomic E-state index is 0.345. The second kappa shape index (κ2) is 4.28. The molecule has 1 aromatic carbocycles. The van der Waals surface area contributed by atoms with Crippen LogP contribution in [0.5, 0.6) is 0 Å². The Morgan fingerprint density at radius 3 is 2.67 bits per heavy atom. The van der Waals surface area contributed by atoms with Crippen LogP contribution in [0.3, 0.4) is 0 Å². The van der Waals surface area contributed by atoms with Crippen molar-refractivity contribution in [1.82, 2.24) is 20.1 Å². The average Bonchev–Trinajstić information content (AvgIpc) is 2.89. The zero-order valence-electron chi connectivity index (χ0n) is 9.37. The number of anilines is 2. The van der Waals surface area contributed by atoms with Crippen molar-refractivity contribution in [2.75, 3.05) is 11.1 Å². The van der Waals surface area contributed by atoms with Crippen molar-refractivity contribution in [3.8, 4) is 0 Å². The summed E-state index contributed by atoms with van der Waals surface area (Å²) < 4.78 is 4.63. The Labute approximate surface area is 102 Å². The number of nitrogens with two attached hydrogens (primary N) is 1. The number of fused-ring (bicyclic) bond motifs is 1. The molecule has 0 saturated carbocycles. The van der Waals surface area contributed by atoms with Crippen LogP contribution in [0.2, 0.25) is 0 Å². The second-order valence-corrected chi connectivity index (χ2v) is 3.65. The molecule has 0 radical (unpaired) electrons. The fraction of sp³-hybridized carbons (Fsp3) is 0.0909. The third-order valence-electron chi connectivity index (χ3n) is 2.42. The molecule has 0 saturated heterocycles. The van der Waals surface area contributed by atoms with Gasteiger partial charge in [-0.25, -0.2) is 9.97 Å². The molecule has 0 amide bonds. The van der Waals surface area contributed by atoms with Crippen LogP contribution in [-0.4, -0.2) is 20.1 Å². The molecule has 0 bridgehead atoms. The molecule has 0 unspecified atom stereocenters. The van der Waals surface area contributed by atoms with E-state index in [4.69, 9.17) is 5.73 Å². The normalized spacial score (nSPS) is 10.7. The lowest BCUT2D eigenvalue weighted by atomic mass is 10.3. The summed E-state index contributed by atoms with van der Waals surface area (Å²) in [7, 11) is 0. The maximum Gasteiger partial charge on any atom is 0.213 e. The molecule has 7 heteroatoms. The molecule has 0 spiro atoms. The number of nitrogen functional groups attached to an aromatic ring is 1. The summed E-state index contributed by atoms with van der Waals surface area (Å²) in [6.07, 6.45) is 1.27. The van der Waals surface area contributed by atoms with Crippen LogP contribution < -0.4 is 11.1 Å². The monoisotopic (exact) mass is 242 g/mol. The highest BCUT2D eigenvalue weighted by atomic mass is 16.5. The number of hydrogen-bond acceptors (Lipinski definition) is 7. The lowest BCUT2D eigenvalue weighted by molar-refractivity contribution is 0.411. The van der Waals surface area contributed by atoms with Gasteiger partial charge in [0.1, 0.15) is 0 Å². The fourth-order valence-corrected chi connectivity index (χ4v) is 1.58. The van der Waals surface area contributed by atoms with Crippen LogP contribution in [0.4, 0.5) is 11.6 Å². The summed E-state index contributed by atoms with van der Waals surface area (Å²) >= 11 is 0. The summed E-state index contributed by atoms with van der Waals surface area (Å²) in [4.78, 5) is 12.5. The van der Waals surface area contributed by atoms with Crippen LogP contribution in [-0.2, 0) is 6.54 Å². The molecule has 0 aliphatic heterocycles. The Morgan fingerprint density at radius 1 is 1.17 bits per heavy atom. The summed E-state index contributed by atoms with van der Waals surface area (Å²) in [6, 6.07) is 7.53. The van der Waals surface area contributed by atoms with E-state index in [9.17, 15) is 0 Å². The number of para-hydroxylation sites is 2. The third-order valence-corrected chi connectivity index (χ3v) is 2.42. The molecule has 2 heterocycles. The van der Waals surface area contributed by atoms with Crippen molar-refractivity contribution in [1.29, 1.82) is 0 Å². The van der Waals surface area contributed by atoms with Crippen LogP contribution in [0.25, 0.3) is 11.0 Å². The second-order valence-electron chi connectivity index (χ2n) is 3.65. The third kappa shape index (κ3) is 1.93. The summed E-state index contributed by atoms with van der Waals surface area (Å²) in [5.74, 6) is 1.39. The van der Waals surface area contributed by atoms with E-state index in [1.165, 1.54) is 6.39 Å².